The Morgan fingerprint density at radius 3 is 2.23 bits per heavy atom. The minimum atomic E-state index is -3.75. The van der Waals surface area contributed by atoms with Crippen LogP contribution in [0.25, 0.3) is 0 Å². The van der Waals surface area contributed by atoms with Gasteiger partial charge in [0.25, 0.3) is 21.8 Å². The molecule has 2 amide bonds. The van der Waals surface area contributed by atoms with Gasteiger partial charge in [-0.3, -0.25) is 13.9 Å². The van der Waals surface area contributed by atoms with Gasteiger partial charge in [-0.1, -0.05) is 12.1 Å². The van der Waals surface area contributed by atoms with Crippen LogP contribution < -0.4 is 14.9 Å². The number of nitrogens with one attached hydrogen (secondary N) is 2. The summed E-state index contributed by atoms with van der Waals surface area (Å²) in [4.78, 5) is 26.4. The standard InChI is InChI=1S/C25H27N3O5S2/c1-28(35(31,32)21-14-12-20(34-3)13-15-21)19-10-8-18(9-11-19)24(29)27-23-7-5-4-6-22(23)25(30)26-16-17-33-2/h4-15H,16-17H2,1-3H3,(H,26,30)(H,27,29). The topological polar surface area (TPSA) is 105 Å². The number of carbonyl (C=O) groups excluding carboxylic acids is 2. The van der Waals surface area contributed by atoms with E-state index >= 15 is 0 Å². The van der Waals surface area contributed by atoms with E-state index in [1.54, 1.807) is 67.8 Å². The van der Waals surface area contributed by atoms with Gasteiger partial charge in [0.1, 0.15) is 0 Å². The van der Waals surface area contributed by atoms with Crippen LogP contribution in [0.1, 0.15) is 20.7 Å². The summed E-state index contributed by atoms with van der Waals surface area (Å²) in [5.41, 5.74) is 1.42. The summed E-state index contributed by atoms with van der Waals surface area (Å²) in [5, 5.41) is 5.48. The molecule has 10 heteroatoms. The summed E-state index contributed by atoms with van der Waals surface area (Å²) in [6, 6.07) is 19.5. The molecule has 0 aliphatic rings. The van der Waals surface area contributed by atoms with Crippen LogP contribution in [0.15, 0.2) is 82.6 Å². The third-order valence-corrected chi connectivity index (χ3v) is 7.77. The average molecular weight is 514 g/mol. The van der Waals surface area contributed by atoms with Crippen molar-refractivity contribution in [1.82, 2.24) is 5.32 Å². The van der Waals surface area contributed by atoms with Crippen LogP contribution in [0.2, 0.25) is 0 Å². The lowest BCUT2D eigenvalue weighted by Crippen LogP contribution is -2.28. The highest BCUT2D eigenvalue weighted by molar-refractivity contribution is 7.98. The molecular formula is C25H27N3O5S2. The van der Waals surface area contributed by atoms with Crippen LogP contribution in [0.3, 0.4) is 0 Å². The number of sulfonamides is 1. The van der Waals surface area contributed by atoms with Crippen molar-refractivity contribution >= 4 is 45.0 Å². The first kappa shape index (κ1) is 26.3. The molecule has 0 aliphatic carbocycles. The molecule has 184 valence electrons. The molecule has 0 saturated carbocycles. The molecule has 0 radical (unpaired) electrons. The summed E-state index contributed by atoms with van der Waals surface area (Å²) in [6.45, 7) is 0.719. The number of rotatable bonds is 10. The Morgan fingerprint density at radius 1 is 0.943 bits per heavy atom. The van der Waals surface area contributed by atoms with Gasteiger partial charge in [0.2, 0.25) is 0 Å². The van der Waals surface area contributed by atoms with Crippen LogP contribution in [0, 0.1) is 0 Å². The minimum absolute atomic E-state index is 0.181. The number of carbonyl (C=O) groups is 2. The smallest absolute Gasteiger partial charge is 0.264 e. The number of hydrogen-bond acceptors (Lipinski definition) is 6. The molecule has 3 aromatic carbocycles. The van der Waals surface area contributed by atoms with Gasteiger partial charge in [-0.05, 0) is 66.9 Å². The number of amides is 2. The fraction of sp³-hybridized carbons (Fsp3) is 0.200. The highest BCUT2D eigenvalue weighted by Crippen LogP contribution is 2.25. The van der Waals surface area contributed by atoms with Gasteiger partial charge in [0.15, 0.2) is 0 Å². The first-order chi connectivity index (χ1) is 16.8. The van der Waals surface area contributed by atoms with Gasteiger partial charge in [-0.2, -0.15) is 0 Å². The van der Waals surface area contributed by atoms with E-state index in [4.69, 9.17) is 4.74 Å². The highest BCUT2D eigenvalue weighted by Gasteiger charge is 2.22. The molecular weight excluding hydrogens is 486 g/mol. The van der Waals surface area contributed by atoms with E-state index in [9.17, 15) is 18.0 Å². The number of nitrogens with zero attached hydrogens (tertiary/aromatic N) is 1. The van der Waals surface area contributed by atoms with E-state index in [0.717, 1.165) is 4.90 Å². The van der Waals surface area contributed by atoms with Gasteiger partial charge in [-0.15, -0.1) is 11.8 Å². The second-order valence-corrected chi connectivity index (χ2v) is 10.3. The zero-order valence-electron chi connectivity index (χ0n) is 19.6. The number of methoxy groups -OCH3 is 1. The Labute approximate surface area is 209 Å². The Morgan fingerprint density at radius 2 is 1.60 bits per heavy atom. The Kier molecular flexibility index (Phi) is 8.91. The van der Waals surface area contributed by atoms with E-state index in [1.807, 2.05) is 6.26 Å². The van der Waals surface area contributed by atoms with Crippen LogP contribution >= 0.6 is 11.8 Å². The lowest BCUT2D eigenvalue weighted by Gasteiger charge is -2.20. The molecule has 0 atom stereocenters. The maximum Gasteiger partial charge on any atom is 0.264 e. The number of thioether (sulfide) groups is 1. The van der Waals surface area contributed by atoms with Crippen molar-refractivity contribution in [2.75, 3.05) is 43.2 Å². The molecule has 8 nitrogen and oxygen atoms in total. The molecule has 0 spiro atoms. The monoisotopic (exact) mass is 513 g/mol. The SMILES string of the molecule is COCCNC(=O)c1ccccc1NC(=O)c1ccc(N(C)S(=O)(=O)c2ccc(SC)cc2)cc1. The number of hydrogen-bond donors (Lipinski definition) is 2. The molecule has 0 saturated heterocycles. The maximum absolute atomic E-state index is 13.0. The second kappa shape index (κ2) is 11.9. The fourth-order valence-corrected chi connectivity index (χ4v) is 4.82. The van der Waals surface area contributed by atoms with Gasteiger partial charge in [0, 0.05) is 31.2 Å². The zero-order chi connectivity index (χ0) is 25.4. The summed E-state index contributed by atoms with van der Waals surface area (Å²) >= 11 is 1.53. The van der Waals surface area contributed by atoms with E-state index in [0.29, 0.717) is 35.7 Å². The molecule has 0 bridgehead atoms. The Hall–Kier alpha value is -3.34. The van der Waals surface area contributed by atoms with Crippen molar-refractivity contribution in [1.29, 1.82) is 0 Å². The van der Waals surface area contributed by atoms with Crippen molar-refractivity contribution in [2.45, 2.75) is 9.79 Å². The molecule has 35 heavy (non-hydrogen) atoms. The van der Waals surface area contributed by atoms with Crippen LogP contribution in [-0.4, -0.2) is 53.8 Å². The normalized spacial score (nSPS) is 11.1. The highest BCUT2D eigenvalue weighted by atomic mass is 32.2. The van der Waals surface area contributed by atoms with Crippen molar-refractivity contribution in [3.8, 4) is 0 Å². The van der Waals surface area contributed by atoms with Crippen LogP contribution in [-0.2, 0) is 14.8 Å². The largest absolute Gasteiger partial charge is 0.383 e. The maximum atomic E-state index is 13.0. The fourth-order valence-electron chi connectivity index (χ4n) is 3.21. The van der Waals surface area contributed by atoms with Crippen molar-refractivity contribution < 1.29 is 22.7 Å². The van der Waals surface area contributed by atoms with Gasteiger partial charge < -0.3 is 15.4 Å². The lowest BCUT2D eigenvalue weighted by molar-refractivity contribution is 0.0938. The third kappa shape index (κ3) is 6.41. The third-order valence-electron chi connectivity index (χ3n) is 5.22. The molecule has 0 aliphatic heterocycles. The molecule has 2 N–H and O–H groups in total. The number of para-hydroxylation sites is 1. The van der Waals surface area contributed by atoms with Gasteiger partial charge in [-0.25, -0.2) is 8.42 Å². The summed E-state index contributed by atoms with van der Waals surface area (Å²) in [7, 11) is -0.746. The molecule has 0 aromatic heterocycles. The minimum Gasteiger partial charge on any atom is -0.383 e. The number of ether oxygens (including phenoxy) is 1. The first-order valence-electron chi connectivity index (χ1n) is 10.7. The van der Waals surface area contributed by atoms with Crippen LogP contribution in [0.4, 0.5) is 11.4 Å². The predicted octanol–water partition coefficient (Wildman–Crippen LogP) is 3.86. The first-order valence-corrected chi connectivity index (χ1v) is 13.3. The Bertz CT molecular complexity index is 1280. The number of anilines is 2. The van der Waals surface area contributed by atoms with Crippen LogP contribution in [0.5, 0.6) is 0 Å². The molecule has 3 aromatic rings. The van der Waals surface area contributed by atoms with Crippen molar-refractivity contribution in [3.05, 3.63) is 83.9 Å². The summed E-state index contributed by atoms with van der Waals surface area (Å²) in [5.74, 6) is -0.752. The Balaban J connectivity index is 1.73. The summed E-state index contributed by atoms with van der Waals surface area (Å²) in [6.07, 6.45) is 1.92. The van der Waals surface area contributed by atoms with E-state index < -0.39 is 15.9 Å². The van der Waals surface area contributed by atoms with E-state index in [-0.39, 0.29) is 10.8 Å². The molecule has 0 heterocycles. The average Bonchev–Trinajstić information content (AvgIpc) is 2.88. The molecule has 3 rings (SSSR count). The van der Waals surface area contributed by atoms with Crippen molar-refractivity contribution in [2.24, 2.45) is 0 Å². The molecule has 0 fully saturated rings. The van der Waals surface area contributed by atoms with Gasteiger partial charge in [0.05, 0.1) is 28.4 Å². The zero-order valence-corrected chi connectivity index (χ0v) is 21.3. The second-order valence-electron chi connectivity index (χ2n) is 7.44. The number of benzene rings is 3. The van der Waals surface area contributed by atoms with Gasteiger partial charge >= 0.3 is 0 Å². The lowest BCUT2D eigenvalue weighted by atomic mass is 10.1. The summed E-state index contributed by atoms with van der Waals surface area (Å²) < 4.78 is 32.1. The van der Waals surface area contributed by atoms with Crippen molar-refractivity contribution in [3.63, 3.8) is 0 Å². The quantitative estimate of drug-likeness (QED) is 0.315. The van der Waals surface area contributed by atoms with E-state index in [1.165, 1.54) is 35.2 Å². The predicted molar refractivity (Wildman–Crippen MR) is 139 cm³/mol. The van der Waals surface area contributed by atoms with E-state index in [2.05, 4.69) is 10.6 Å². The molecule has 0 unspecified atom stereocenters.